The number of imide groups is 2. The standard InChI is InChI=1S/C35H44N4O4/c1-26-28(34(42)38(32(26)40)30-22-16-18-24-36-30)20-14-12-10-8-6-4-3-5-7-9-11-13-15-21-29-27(2)33(41)39(35(29)43)31-23-17-19-25-37-31/h16-19,22-25H,3-15,20-21H2,1-2H3. The fraction of sp³-hybridized carbons (Fsp3) is 0.486. The largest absolute Gasteiger partial charge is 0.269 e. The van der Waals surface area contributed by atoms with Gasteiger partial charge in [0.1, 0.15) is 11.6 Å². The molecule has 8 heteroatoms. The molecule has 0 aromatic carbocycles. The zero-order valence-electron chi connectivity index (χ0n) is 25.6. The number of unbranched alkanes of at least 4 members (excludes halogenated alkanes) is 12. The maximum absolute atomic E-state index is 12.8. The van der Waals surface area contributed by atoms with Crippen LogP contribution in [0, 0.1) is 0 Å². The van der Waals surface area contributed by atoms with E-state index in [4.69, 9.17) is 0 Å². The maximum atomic E-state index is 12.8. The van der Waals surface area contributed by atoms with Crippen LogP contribution in [0.15, 0.2) is 71.1 Å². The molecule has 2 aliphatic rings. The Labute approximate surface area is 255 Å². The number of amides is 4. The van der Waals surface area contributed by atoms with E-state index in [0.717, 1.165) is 38.5 Å². The molecule has 4 rings (SSSR count). The summed E-state index contributed by atoms with van der Waals surface area (Å²) in [4.78, 5) is 61.5. The summed E-state index contributed by atoms with van der Waals surface area (Å²) in [5.74, 6) is -0.158. The minimum atomic E-state index is -0.252. The Morgan fingerprint density at radius 2 is 0.791 bits per heavy atom. The number of hydrogen-bond acceptors (Lipinski definition) is 6. The number of anilines is 2. The molecule has 0 saturated carbocycles. The molecule has 0 unspecified atom stereocenters. The van der Waals surface area contributed by atoms with Crippen molar-refractivity contribution in [2.75, 3.05) is 9.80 Å². The number of carbonyl (C=O) groups is 4. The number of nitrogens with zero attached hydrogens (tertiary/aromatic N) is 4. The highest BCUT2D eigenvalue weighted by Gasteiger charge is 2.38. The monoisotopic (exact) mass is 584 g/mol. The third-order valence-corrected chi connectivity index (χ3v) is 8.49. The Morgan fingerprint density at radius 1 is 0.465 bits per heavy atom. The Hall–Kier alpha value is -3.94. The number of rotatable bonds is 18. The zero-order chi connectivity index (χ0) is 30.6. The zero-order valence-corrected chi connectivity index (χ0v) is 25.6. The van der Waals surface area contributed by atoms with Crippen molar-refractivity contribution in [2.45, 2.75) is 110 Å². The molecule has 0 aliphatic carbocycles. The molecule has 2 aliphatic heterocycles. The lowest BCUT2D eigenvalue weighted by Gasteiger charge is -2.13. The smallest absolute Gasteiger partial charge is 0.262 e. The summed E-state index contributed by atoms with van der Waals surface area (Å²) in [6.45, 7) is 3.49. The van der Waals surface area contributed by atoms with Gasteiger partial charge in [-0.1, -0.05) is 82.8 Å². The predicted octanol–water partition coefficient (Wildman–Crippen LogP) is 7.41. The third kappa shape index (κ3) is 8.12. The maximum Gasteiger partial charge on any atom is 0.262 e. The van der Waals surface area contributed by atoms with Gasteiger partial charge in [-0.25, -0.2) is 19.8 Å². The number of hydrogen-bond donors (Lipinski definition) is 0. The lowest BCUT2D eigenvalue weighted by atomic mass is 10.0. The second kappa shape index (κ2) is 16.1. The van der Waals surface area contributed by atoms with Gasteiger partial charge < -0.3 is 0 Å². The molecule has 43 heavy (non-hydrogen) atoms. The van der Waals surface area contributed by atoms with Crippen LogP contribution in [0.4, 0.5) is 11.6 Å². The first-order chi connectivity index (χ1) is 20.9. The van der Waals surface area contributed by atoms with Crippen LogP contribution in [0.3, 0.4) is 0 Å². The third-order valence-electron chi connectivity index (χ3n) is 8.49. The quantitative estimate of drug-likeness (QED) is 0.134. The molecule has 0 bridgehead atoms. The summed E-state index contributed by atoms with van der Waals surface area (Å²) >= 11 is 0. The second-order valence-corrected chi connectivity index (χ2v) is 11.6. The Kier molecular flexibility index (Phi) is 11.9. The van der Waals surface area contributed by atoms with Crippen LogP contribution < -0.4 is 9.80 Å². The highest BCUT2D eigenvalue weighted by molar-refractivity contribution is 6.33. The van der Waals surface area contributed by atoms with Crippen molar-refractivity contribution in [2.24, 2.45) is 0 Å². The van der Waals surface area contributed by atoms with E-state index >= 15 is 0 Å². The summed E-state index contributed by atoms with van der Waals surface area (Å²) in [6.07, 6.45) is 19.4. The van der Waals surface area contributed by atoms with Crippen molar-refractivity contribution >= 4 is 35.3 Å². The second-order valence-electron chi connectivity index (χ2n) is 11.6. The van der Waals surface area contributed by atoms with Crippen LogP contribution in [0.1, 0.15) is 110 Å². The molecule has 0 fully saturated rings. The molecular formula is C35H44N4O4. The minimum absolute atomic E-state index is 0.220. The summed E-state index contributed by atoms with van der Waals surface area (Å²) in [7, 11) is 0. The van der Waals surface area contributed by atoms with Gasteiger partial charge in [-0.3, -0.25) is 19.2 Å². The first-order valence-electron chi connectivity index (χ1n) is 15.9. The van der Waals surface area contributed by atoms with Crippen molar-refractivity contribution in [3.63, 3.8) is 0 Å². The van der Waals surface area contributed by atoms with E-state index in [2.05, 4.69) is 9.97 Å². The molecule has 0 N–H and O–H groups in total. The van der Waals surface area contributed by atoms with E-state index in [0.29, 0.717) is 46.8 Å². The minimum Gasteiger partial charge on any atom is -0.269 e. The highest BCUT2D eigenvalue weighted by atomic mass is 16.2. The fourth-order valence-corrected chi connectivity index (χ4v) is 5.89. The summed E-state index contributed by atoms with van der Waals surface area (Å²) in [5, 5.41) is 0. The Balaban J connectivity index is 0.981. The lowest BCUT2D eigenvalue weighted by Crippen LogP contribution is -2.32. The van der Waals surface area contributed by atoms with E-state index in [1.54, 1.807) is 62.6 Å². The lowest BCUT2D eigenvalue weighted by molar-refractivity contribution is -0.122. The van der Waals surface area contributed by atoms with Gasteiger partial charge in [0.15, 0.2) is 0 Å². The predicted molar refractivity (Wildman–Crippen MR) is 168 cm³/mol. The molecule has 4 amide bonds. The molecule has 228 valence electrons. The van der Waals surface area contributed by atoms with E-state index in [1.165, 1.54) is 54.7 Å². The number of pyridine rings is 2. The average molecular weight is 585 g/mol. The van der Waals surface area contributed by atoms with E-state index in [-0.39, 0.29) is 23.6 Å². The van der Waals surface area contributed by atoms with Crippen LogP contribution in [0.25, 0.3) is 0 Å². The van der Waals surface area contributed by atoms with E-state index < -0.39 is 0 Å². The van der Waals surface area contributed by atoms with E-state index in [1.807, 2.05) is 0 Å². The number of aromatic nitrogens is 2. The van der Waals surface area contributed by atoms with Crippen LogP contribution >= 0.6 is 0 Å². The fourth-order valence-electron chi connectivity index (χ4n) is 5.89. The highest BCUT2D eigenvalue weighted by Crippen LogP contribution is 2.30. The molecule has 8 nitrogen and oxygen atoms in total. The summed E-state index contributed by atoms with van der Waals surface area (Å²) < 4.78 is 0. The molecule has 2 aromatic rings. The van der Waals surface area contributed by atoms with Gasteiger partial charge in [-0.2, -0.15) is 0 Å². The first kappa shape index (κ1) is 32.0. The van der Waals surface area contributed by atoms with Crippen molar-refractivity contribution in [3.8, 4) is 0 Å². The molecule has 2 aromatic heterocycles. The van der Waals surface area contributed by atoms with E-state index in [9.17, 15) is 19.2 Å². The van der Waals surface area contributed by atoms with Crippen molar-refractivity contribution < 1.29 is 19.2 Å². The van der Waals surface area contributed by atoms with Gasteiger partial charge in [0.25, 0.3) is 23.6 Å². The SMILES string of the molecule is CC1=C(CCCCCCCCCCCCCCCC2=C(C)C(=O)N(c3ccccn3)C2=O)C(=O)N(c2ccccn2)C1=O. The van der Waals surface area contributed by atoms with Gasteiger partial charge in [0.05, 0.1) is 0 Å². The number of carbonyl (C=O) groups excluding carboxylic acids is 4. The summed E-state index contributed by atoms with van der Waals surface area (Å²) in [5.41, 5.74) is 2.38. The van der Waals surface area contributed by atoms with Gasteiger partial charge in [0.2, 0.25) is 0 Å². The molecule has 0 radical (unpaired) electrons. The molecule has 0 atom stereocenters. The molecule has 0 saturated heterocycles. The van der Waals surface area contributed by atoms with Gasteiger partial charge in [-0.05, 0) is 63.8 Å². The van der Waals surface area contributed by atoms with Crippen LogP contribution in [-0.4, -0.2) is 33.6 Å². The molecule has 0 spiro atoms. The molecular weight excluding hydrogens is 540 g/mol. The molecule has 4 heterocycles. The Morgan fingerprint density at radius 3 is 1.09 bits per heavy atom. The van der Waals surface area contributed by atoms with Crippen molar-refractivity contribution in [3.05, 3.63) is 71.1 Å². The van der Waals surface area contributed by atoms with Crippen LogP contribution in [-0.2, 0) is 19.2 Å². The van der Waals surface area contributed by atoms with Crippen LogP contribution in [0.5, 0.6) is 0 Å². The van der Waals surface area contributed by atoms with Crippen molar-refractivity contribution in [1.82, 2.24) is 9.97 Å². The Bertz CT molecular complexity index is 1250. The first-order valence-corrected chi connectivity index (χ1v) is 15.9. The van der Waals surface area contributed by atoms with Crippen molar-refractivity contribution in [1.29, 1.82) is 0 Å². The van der Waals surface area contributed by atoms with Gasteiger partial charge in [-0.15, -0.1) is 0 Å². The van der Waals surface area contributed by atoms with Gasteiger partial charge >= 0.3 is 0 Å². The normalized spacial score (nSPS) is 15.6. The van der Waals surface area contributed by atoms with Gasteiger partial charge in [0, 0.05) is 34.7 Å². The average Bonchev–Trinajstić information content (AvgIpc) is 3.37. The summed E-state index contributed by atoms with van der Waals surface area (Å²) in [6, 6.07) is 10.5. The van der Waals surface area contributed by atoms with Crippen LogP contribution in [0.2, 0.25) is 0 Å². The topological polar surface area (TPSA) is 101 Å².